The van der Waals surface area contributed by atoms with Crippen molar-refractivity contribution in [3.05, 3.63) is 40.9 Å². The fraction of sp³-hybridized carbons (Fsp3) is 0.318. The number of carbonyl (C=O) groups is 2. The fourth-order valence-electron chi connectivity index (χ4n) is 4.28. The highest BCUT2D eigenvalue weighted by Gasteiger charge is 2.37. The number of amides is 3. The molecule has 3 N–H and O–H groups in total. The molecule has 178 valence electrons. The summed E-state index contributed by atoms with van der Waals surface area (Å²) in [5.74, 6) is -0.670. The predicted molar refractivity (Wildman–Crippen MR) is 122 cm³/mol. The molecule has 1 aromatic carbocycles. The minimum atomic E-state index is -4.67. The standard InChI is InChI=1S/C22H20F3N5O3S/c1-33-15-5-4-12(9-13(15)22(23,24)25)30-14-6-8-27-20-16(14)17(29-21(30)32)18(34-20)19(31)28-11-3-2-7-26-10-11/h4-6,8-9,11,26H,2-3,7,10H2,1H3,(H,28,31)(H,29,32)/t11-/m1/s1. The van der Waals surface area contributed by atoms with Crippen LogP contribution in [0.4, 0.5) is 35.0 Å². The van der Waals surface area contributed by atoms with Crippen molar-refractivity contribution in [1.82, 2.24) is 15.6 Å². The number of hydrogen-bond donors (Lipinski definition) is 3. The smallest absolute Gasteiger partial charge is 0.420 e. The van der Waals surface area contributed by atoms with E-state index in [9.17, 15) is 22.8 Å². The van der Waals surface area contributed by atoms with Crippen LogP contribution >= 0.6 is 11.3 Å². The number of methoxy groups -OCH3 is 1. The van der Waals surface area contributed by atoms with Gasteiger partial charge in [-0.25, -0.2) is 9.78 Å². The van der Waals surface area contributed by atoms with E-state index in [1.807, 2.05) is 0 Å². The second kappa shape index (κ2) is 8.44. The highest BCUT2D eigenvalue weighted by Crippen LogP contribution is 2.47. The zero-order valence-electron chi connectivity index (χ0n) is 18.0. The molecular weight excluding hydrogens is 471 g/mol. The monoisotopic (exact) mass is 491 g/mol. The van der Waals surface area contributed by atoms with Crippen LogP contribution in [0.15, 0.2) is 30.5 Å². The maximum atomic E-state index is 13.6. The minimum absolute atomic E-state index is 0.00857. The van der Waals surface area contributed by atoms with Gasteiger partial charge in [-0.2, -0.15) is 13.2 Å². The summed E-state index contributed by atoms with van der Waals surface area (Å²) in [6.45, 7) is 1.57. The van der Waals surface area contributed by atoms with Gasteiger partial charge in [-0.1, -0.05) is 0 Å². The highest BCUT2D eigenvalue weighted by atomic mass is 32.1. The van der Waals surface area contributed by atoms with E-state index in [1.54, 1.807) is 6.07 Å². The van der Waals surface area contributed by atoms with E-state index in [0.29, 0.717) is 33.0 Å². The van der Waals surface area contributed by atoms with Gasteiger partial charge in [-0.05, 0) is 43.7 Å². The number of hydrogen-bond acceptors (Lipinski definition) is 6. The summed E-state index contributed by atoms with van der Waals surface area (Å²) >= 11 is 1.13. The number of urea groups is 1. The van der Waals surface area contributed by atoms with Crippen molar-refractivity contribution in [1.29, 1.82) is 0 Å². The molecule has 12 heteroatoms. The van der Waals surface area contributed by atoms with E-state index >= 15 is 0 Å². The van der Waals surface area contributed by atoms with E-state index in [0.717, 1.165) is 48.8 Å². The first kappa shape index (κ1) is 22.4. The van der Waals surface area contributed by atoms with Gasteiger partial charge < -0.3 is 20.7 Å². The molecule has 8 nitrogen and oxygen atoms in total. The molecule has 1 fully saturated rings. The van der Waals surface area contributed by atoms with Crippen LogP contribution in [-0.2, 0) is 6.18 Å². The molecule has 2 aliphatic heterocycles. The minimum Gasteiger partial charge on any atom is -0.496 e. The van der Waals surface area contributed by atoms with E-state index in [1.165, 1.54) is 18.3 Å². The van der Waals surface area contributed by atoms with Gasteiger partial charge >= 0.3 is 12.2 Å². The molecule has 0 radical (unpaired) electrons. The van der Waals surface area contributed by atoms with Crippen LogP contribution in [0.3, 0.4) is 0 Å². The Morgan fingerprint density at radius 3 is 2.85 bits per heavy atom. The lowest BCUT2D eigenvalue weighted by Crippen LogP contribution is -2.45. The Morgan fingerprint density at radius 2 is 2.15 bits per heavy atom. The molecule has 0 bridgehead atoms. The Morgan fingerprint density at radius 1 is 1.32 bits per heavy atom. The van der Waals surface area contributed by atoms with Crippen LogP contribution in [-0.4, -0.2) is 43.2 Å². The van der Waals surface area contributed by atoms with Crippen LogP contribution in [0.1, 0.15) is 28.1 Å². The van der Waals surface area contributed by atoms with E-state index in [2.05, 4.69) is 20.9 Å². The topological polar surface area (TPSA) is 95.6 Å². The first-order valence-electron chi connectivity index (χ1n) is 10.6. The number of rotatable bonds is 4. The second-order valence-electron chi connectivity index (χ2n) is 7.98. The van der Waals surface area contributed by atoms with Crippen molar-refractivity contribution in [3.8, 4) is 5.75 Å². The summed E-state index contributed by atoms with van der Waals surface area (Å²) in [4.78, 5) is 32.4. The molecule has 1 saturated heterocycles. The molecule has 2 aromatic heterocycles. The summed E-state index contributed by atoms with van der Waals surface area (Å²) in [6.07, 6.45) is -1.41. The average molecular weight is 491 g/mol. The maximum absolute atomic E-state index is 13.6. The van der Waals surface area contributed by atoms with Crippen molar-refractivity contribution in [3.63, 3.8) is 0 Å². The summed E-state index contributed by atoms with van der Waals surface area (Å²) < 4.78 is 45.6. The second-order valence-corrected chi connectivity index (χ2v) is 8.98. The number of halogens is 3. The van der Waals surface area contributed by atoms with Crippen LogP contribution in [0.2, 0.25) is 0 Å². The molecule has 0 aliphatic carbocycles. The molecule has 3 aromatic rings. The Labute approximate surface area is 196 Å². The Kier molecular flexibility index (Phi) is 5.56. The van der Waals surface area contributed by atoms with Gasteiger partial charge in [0.1, 0.15) is 15.5 Å². The van der Waals surface area contributed by atoms with Gasteiger partial charge in [0.15, 0.2) is 0 Å². The zero-order chi connectivity index (χ0) is 24.0. The van der Waals surface area contributed by atoms with Crippen LogP contribution in [0.5, 0.6) is 5.75 Å². The number of piperidine rings is 1. The molecule has 3 amide bonds. The highest BCUT2D eigenvalue weighted by molar-refractivity contribution is 7.21. The number of nitrogens with one attached hydrogen (secondary N) is 3. The van der Waals surface area contributed by atoms with Crippen LogP contribution < -0.4 is 25.6 Å². The van der Waals surface area contributed by atoms with Crippen molar-refractivity contribution in [2.24, 2.45) is 0 Å². The molecule has 0 unspecified atom stereocenters. The van der Waals surface area contributed by atoms with Gasteiger partial charge in [0, 0.05) is 18.8 Å². The number of carbonyl (C=O) groups excluding carboxylic acids is 2. The normalized spacial score (nSPS) is 18.1. The summed E-state index contributed by atoms with van der Waals surface area (Å²) in [5, 5.41) is 9.42. The molecule has 4 heterocycles. The molecule has 0 spiro atoms. The zero-order valence-corrected chi connectivity index (χ0v) is 18.8. The first-order valence-corrected chi connectivity index (χ1v) is 11.4. The Balaban J connectivity index is 1.57. The van der Waals surface area contributed by atoms with Gasteiger partial charge in [0.05, 0.1) is 35.1 Å². The van der Waals surface area contributed by atoms with Crippen molar-refractivity contribution in [2.75, 3.05) is 30.4 Å². The molecule has 34 heavy (non-hydrogen) atoms. The van der Waals surface area contributed by atoms with Crippen molar-refractivity contribution in [2.45, 2.75) is 25.1 Å². The van der Waals surface area contributed by atoms with E-state index < -0.39 is 17.8 Å². The number of pyridine rings is 1. The Hall–Kier alpha value is -3.38. The molecule has 2 aliphatic rings. The first-order chi connectivity index (χ1) is 16.3. The lowest BCUT2D eigenvalue weighted by atomic mass is 10.1. The molecule has 0 saturated carbocycles. The van der Waals surface area contributed by atoms with Crippen LogP contribution in [0.25, 0.3) is 10.2 Å². The Bertz CT molecular complexity index is 1290. The number of thiophene rings is 1. The third-order valence-electron chi connectivity index (χ3n) is 5.83. The molecule has 5 rings (SSSR count). The van der Waals surface area contributed by atoms with Crippen molar-refractivity contribution >= 4 is 50.6 Å². The SMILES string of the molecule is COc1ccc(N2C(=O)Nc3c(C(=O)N[C@@H]4CCCNC4)sc4nccc2c34)cc1C(F)(F)F. The lowest BCUT2D eigenvalue weighted by Gasteiger charge is -2.29. The maximum Gasteiger partial charge on any atom is 0.420 e. The summed E-state index contributed by atoms with van der Waals surface area (Å²) in [7, 11) is 1.15. The predicted octanol–water partition coefficient (Wildman–Crippen LogP) is 4.49. The number of anilines is 3. The largest absolute Gasteiger partial charge is 0.496 e. The molecular formula is C22H20F3N5O3S. The quantitative estimate of drug-likeness (QED) is 0.500. The lowest BCUT2D eigenvalue weighted by molar-refractivity contribution is -0.138. The number of benzene rings is 1. The third kappa shape index (κ3) is 3.82. The number of aromatic nitrogens is 1. The van der Waals surface area contributed by atoms with E-state index in [-0.39, 0.29) is 23.4 Å². The number of ether oxygens (including phenoxy) is 1. The summed E-state index contributed by atoms with van der Waals surface area (Å²) in [6, 6.07) is 4.25. The van der Waals surface area contributed by atoms with Gasteiger partial charge in [0.2, 0.25) is 0 Å². The van der Waals surface area contributed by atoms with Gasteiger partial charge in [0.25, 0.3) is 5.91 Å². The molecule has 1 atom stereocenters. The van der Waals surface area contributed by atoms with Gasteiger partial charge in [-0.3, -0.25) is 9.69 Å². The van der Waals surface area contributed by atoms with Crippen molar-refractivity contribution < 1.29 is 27.5 Å². The number of nitrogens with zero attached hydrogens (tertiary/aromatic N) is 2. The summed E-state index contributed by atoms with van der Waals surface area (Å²) in [5.41, 5.74) is -0.330. The average Bonchev–Trinajstić information content (AvgIpc) is 3.18. The fourth-order valence-corrected chi connectivity index (χ4v) is 5.31. The van der Waals surface area contributed by atoms with Crippen LogP contribution in [0, 0.1) is 0 Å². The van der Waals surface area contributed by atoms with Gasteiger partial charge in [-0.15, -0.1) is 11.3 Å². The number of alkyl halides is 3. The van der Waals surface area contributed by atoms with E-state index in [4.69, 9.17) is 4.74 Å². The third-order valence-corrected chi connectivity index (χ3v) is 6.93.